The fraction of sp³-hybridized carbons (Fsp3) is 0.647. The lowest BCUT2D eigenvalue weighted by Crippen LogP contribution is -2.29. The van der Waals surface area contributed by atoms with Crippen LogP contribution >= 0.6 is 0 Å². The number of hydrogen-bond donors (Lipinski definition) is 1. The fourth-order valence-electron chi connectivity index (χ4n) is 2.58. The standard InChI is InChI=1S/C17H31N3/c1-6-18-15(3)16-11-8-9-12-17(16)20(7-2)14-10-13-19(4)5/h8-9,11-12,15,18H,6-7,10,13-14H2,1-5H3. The van der Waals surface area contributed by atoms with Gasteiger partial charge in [0, 0.05) is 24.8 Å². The molecule has 3 nitrogen and oxygen atoms in total. The van der Waals surface area contributed by atoms with Crippen LogP contribution in [0.4, 0.5) is 5.69 Å². The van der Waals surface area contributed by atoms with Gasteiger partial charge in [0.2, 0.25) is 0 Å². The summed E-state index contributed by atoms with van der Waals surface area (Å²) in [5.41, 5.74) is 2.78. The Morgan fingerprint density at radius 1 is 1.10 bits per heavy atom. The second-order valence-electron chi connectivity index (χ2n) is 5.57. The summed E-state index contributed by atoms with van der Waals surface area (Å²) in [7, 11) is 4.27. The molecule has 114 valence electrons. The Balaban J connectivity index is 2.80. The van der Waals surface area contributed by atoms with Gasteiger partial charge < -0.3 is 15.1 Å². The topological polar surface area (TPSA) is 18.5 Å². The fourth-order valence-corrected chi connectivity index (χ4v) is 2.58. The number of nitrogens with one attached hydrogen (secondary N) is 1. The summed E-state index contributed by atoms with van der Waals surface area (Å²) in [4.78, 5) is 4.74. The maximum absolute atomic E-state index is 3.52. The van der Waals surface area contributed by atoms with E-state index in [1.165, 1.54) is 17.7 Å². The van der Waals surface area contributed by atoms with Crippen LogP contribution in [-0.2, 0) is 0 Å². The molecule has 0 saturated heterocycles. The number of nitrogens with zero attached hydrogens (tertiary/aromatic N) is 2. The highest BCUT2D eigenvalue weighted by atomic mass is 15.1. The Hall–Kier alpha value is -1.06. The Morgan fingerprint density at radius 2 is 1.80 bits per heavy atom. The zero-order valence-electron chi connectivity index (χ0n) is 13.8. The van der Waals surface area contributed by atoms with Gasteiger partial charge in [-0.2, -0.15) is 0 Å². The third-order valence-electron chi connectivity index (χ3n) is 3.67. The van der Waals surface area contributed by atoms with Gasteiger partial charge in [-0.05, 0) is 59.1 Å². The summed E-state index contributed by atoms with van der Waals surface area (Å²) in [5.74, 6) is 0. The molecule has 0 amide bonds. The SMILES string of the molecule is CCNC(C)c1ccccc1N(CC)CCCN(C)C. The van der Waals surface area contributed by atoms with Crippen LogP contribution in [0.25, 0.3) is 0 Å². The first-order chi connectivity index (χ1) is 9.60. The molecule has 0 aromatic heterocycles. The molecule has 0 radical (unpaired) electrons. The van der Waals surface area contributed by atoms with E-state index in [2.05, 4.69) is 74.2 Å². The number of hydrogen-bond acceptors (Lipinski definition) is 3. The lowest BCUT2D eigenvalue weighted by molar-refractivity contribution is 0.400. The van der Waals surface area contributed by atoms with Crippen LogP contribution in [0.5, 0.6) is 0 Å². The minimum absolute atomic E-state index is 0.402. The predicted molar refractivity (Wildman–Crippen MR) is 89.6 cm³/mol. The van der Waals surface area contributed by atoms with E-state index in [4.69, 9.17) is 0 Å². The number of benzene rings is 1. The van der Waals surface area contributed by atoms with Gasteiger partial charge in [0.1, 0.15) is 0 Å². The molecule has 0 aliphatic carbocycles. The van der Waals surface area contributed by atoms with Crippen molar-refractivity contribution in [1.82, 2.24) is 10.2 Å². The van der Waals surface area contributed by atoms with E-state index < -0.39 is 0 Å². The van der Waals surface area contributed by atoms with Gasteiger partial charge in [-0.15, -0.1) is 0 Å². The first-order valence-corrected chi connectivity index (χ1v) is 7.82. The van der Waals surface area contributed by atoms with E-state index in [1.807, 2.05) is 0 Å². The maximum Gasteiger partial charge on any atom is 0.0414 e. The quantitative estimate of drug-likeness (QED) is 0.748. The molecular weight excluding hydrogens is 246 g/mol. The van der Waals surface area contributed by atoms with Gasteiger partial charge in [-0.3, -0.25) is 0 Å². The second kappa shape index (κ2) is 8.98. The zero-order chi connectivity index (χ0) is 15.0. The molecule has 1 atom stereocenters. The third kappa shape index (κ3) is 5.14. The second-order valence-corrected chi connectivity index (χ2v) is 5.57. The largest absolute Gasteiger partial charge is 0.371 e. The third-order valence-corrected chi connectivity index (χ3v) is 3.67. The lowest BCUT2D eigenvalue weighted by Gasteiger charge is -2.28. The van der Waals surface area contributed by atoms with Gasteiger partial charge in [0.05, 0.1) is 0 Å². The Bertz CT molecular complexity index is 376. The summed E-state index contributed by atoms with van der Waals surface area (Å²) >= 11 is 0. The average molecular weight is 277 g/mol. The molecule has 0 spiro atoms. The highest BCUT2D eigenvalue weighted by molar-refractivity contribution is 5.54. The van der Waals surface area contributed by atoms with Gasteiger partial charge in [0.25, 0.3) is 0 Å². The molecule has 1 aromatic carbocycles. The van der Waals surface area contributed by atoms with Crippen LogP contribution in [0.15, 0.2) is 24.3 Å². The van der Waals surface area contributed by atoms with Crippen LogP contribution in [0.1, 0.15) is 38.8 Å². The van der Waals surface area contributed by atoms with Crippen molar-refractivity contribution in [2.24, 2.45) is 0 Å². The first-order valence-electron chi connectivity index (χ1n) is 7.82. The van der Waals surface area contributed by atoms with Gasteiger partial charge in [-0.1, -0.05) is 25.1 Å². The number of anilines is 1. The number of para-hydroxylation sites is 1. The molecule has 0 bridgehead atoms. The van der Waals surface area contributed by atoms with E-state index in [1.54, 1.807) is 0 Å². The molecule has 1 unspecified atom stereocenters. The molecular formula is C17H31N3. The smallest absolute Gasteiger partial charge is 0.0414 e. The Morgan fingerprint density at radius 3 is 2.40 bits per heavy atom. The lowest BCUT2D eigenvalue weighted by atomic mass is 10.0. The highest BCUT2D eigenvalue weighted by Gasteiger charge is 2.13. The van der Waals surface area contributed by atoms with Crippen molar-refractivity contribution in [2.45, 2.75) is 33.2 Å². The van der Waals surface area contributed by atoms with Gasteiger partial charge in [-0.25, -0.2) is 0 Å². The predicted octanol–water partition coefficient (Wildman–Crippen LogP) is 3.14. The summed E-state index contributed by atoms with van der Waals surface area (Å²) in [5, 5.41) is 3.52. The van der Waals surface area contributed by atoms with E-state index in [9.17, 15) is 0 Å². The molecule has 1 rings (SSSR count). The van der Waals surface area contributed by atoms with Gasteiger partial charge in [0.15, 0.2) is 0 Å². The van der Waals surface area contributed by atoms with Crippen molar-refractivity contribution in [1.29, 1.82) is 0 Å². The van der Waals surface area contributed by atoms with Crippen LogP contribution in [0.3, 0.4) is 0 Å². The van der Waals surface area contributed by atoms with Crippen molar-refractivity contribution < 1.29 is 0 Å². The number of rotatable bonds is 9. The normalized spacial score (nSPS) is 12.7. The molecule has 0 aliphatic rings. The van der Waals surface area contributed by atoms with Crippen LogP contribution in [-0.4, -0.2) is 45.2 Å². The van der Waals surface area contributed by atoms with E-state index in [0.717, 1.165) is 26.2 Å². The van der Waals surface area contributed by atoms with Crippen LogP contribution < -0.4 is 10.2 Å². The van der Waals surface area contributed by atoms with E-state index >= 15 is 0 Å². The summed E-state index contributed by atoms with van der Waals surface area (Å²) in [6, 6.07) is 9.19. The molecule has 0 fully saturated rings. The molecule has 1 N–H and O–H groups in total. The molecule has 0 aliphatic heterocycles. The molecule has 1 aromatic rings. The molecule has 0 saturated carbocycles. The van der Waals surface area contributed by atoms with Crippen molar-refractivity contribution in [3.63, 3.8) is 0 Å². The first kappa shape index (κ1) is 17.0. The van der Waals surface area contributed by atoms with Crippen molar-refractivity contribution in [2.75, 3.05) is 45.2 Å². The minimum Gasteiger partial charge on any atom is -0.371 e. The zero-order valence-corrected chi connectivity index (χ0v) is 13.8. The minimum atomic E-state index is 0.402. The maximum atomic E-state index is 3.52. The Kier molecular flexibility index (Phi) is 7.63. The monoisotopic (exact) mass is 277 g/mol. The summed E-state index contributed by atoms with van der Waals surface area (Å²) in [6.07, 6.45) is 1.20. The van der Waals surface area contributed by atoms with E-state index in [-0.39, 0.29) is 0 Å². The molecule has 3 heteroatoms. The van der Waals surface area contributed by atoms with Crippen LogP contribution in [0.2, 0.25) is 0 Å². The Labute approximate surface area is 125 Å². The summed E-state index contributed by atoms with van der Waals surface area (Å²) < 4.78 is 0. The average Bonchev–Trinajstić information content (AvgIpc) is 2.44. The van der Waals surface area contributed by atoms with Crippen molar-refractivity contribution >= 4 is 5.69 Å². The molecule has 20 heavy (non-hydrogen) atoms. The van der Waals surface area contributed by atoms with Crippen LogP contribution in [0, 0.1) is 0 Å². The van der Waals surface area contributed by atoms with Gasteiger partial charge >= 0.3 is 0 Å². The molecule has 0 heterocycles. The van der Waals surface area contributed by atoms with Crippen molar-refractivity contribution in [3.05, 3.63) is 29.8 Å². The van der Waals surface area contributed by atoms with E-state index in [0.29, 0.717) is 6.04 Å². The summed E-state index contributed by atoms with van der Waals surface area (Å²) in [6.45, 7) is 11.0. The van der Waals surface area contributed by atoms with Crippen molar-refractivity contribution in [3.8, 4) is 0 Å². The highest BCUT2D eigenvalue weighted by Crippen LogP contribution is 2.26.